The minimum absolute atomic E-state index is 0. The Balaban J connectivity index is 0.00000192. The van der Waals surface area contributed by atoms with Gasteiger partial charge in [0.2, 0.25) is 0 Å². The highest BCUT2D eigenvalue weighted by Crippen LogP contribution is 2.22. The van der Waals surface area contributed by atoms with Gasteiger partial charge in [0, 0.05) is 24.7 Å². The predicted octanol–water partition coefficient (Wildman–Crippen LogP) is 2.84. The summed E-state index contributed by atoms with van der Waals surface area (Å²) in [6.07, 6.45) is 2.21. The second-order valence-corrected chi connectivity index (χ2v) is 5.76. The SMILES string of the molecule is CNCC1CCCN(C(=O)c2cc(-c3ccccc3)on2)C1.Cl. The van der Waals surface area contributed by atoms with Crippen LogP contribution in [0.5, 0.6) is 0 Å². The summed E-state index contributed by atoms with van der Waals surface area (Å²) in [5.41, 5.74) is 1.32. The van der Waals surface area contributed by atoms with Crippen molar-refractivity contribution >= 4 is 18.3 Å². The molecule has 1 saturated heterocycles. The normalized spacial score (nSPS) is 17.6. The van der Waals surface area contributed by atoms with Crippen LogP contribution in [0, 0.1) is 5.92 Å². The smallest absolute Gasteiger partial charge is 0.276 e. The lowest BCUT2D eigenvalue weighted by atomic mass is 9.98. The molecule has 23 heavy (non-hydrogen) atoms. The van der Waals surface area contributed by atoms with Crippen molar-refractivity contribution in [1.82, 2.24) is 15.4 Å². The molecule has 1 amide bonds. The number of likely N-dealkylation sites (tertiary alicyclic amines) is 1. The average Bonchev–Trinajstić information content (AvgIpc) is 3.05. The second-order valence-electron chi connectivity index (χ2n) is 5.76. The van der Waals surface area contributed by atoms with Crippen LogP contribution in [-0.4, -0.2) is 42.6 Å². The number of piperidine rings is 1. The number of carbonyl (C=O) groups excluding carboxylic acids is 1. The zero-order valence-electron chi connectivity index (χ0n) is 13.2. The molecular formula is C17H22ClN3O2. The molecule has 6 heteroatoms. The largest absolute Gasteiger partial charge is 0.355 e. The fraction of sp³-hybridized carbons (Fsp3) is 0.412. The summed E-state index contributed by atoms with van der Waals surface area (Å²) in [6, 6.07) is 11.4. The number of benzene rings is 1. The van der Waals surface area contributed by atoms with Crippen molar-refractivity contribution in [2.45, 2.75) is 12.8 Å². The number of rotatable bonds is 4. The lowest BCUT2D eigenvalue weighted by Crippen LogP contribution is -2.42. The van der Waals surface area contributed by atoms with E-state index in [1.165, 1.54) is 6.42 Å². The van der Waals surface area contributed by atoms with Gasteiger partial charge in [-0.1, -0.05) is 35.5 Å². The van der Waals surface area contributed by atoms with Gasteiger partial charge in [0.15, 0.2) is 11.5 Å². The maximum Gasteiger partial charge on any atom is 0.276 e. The molecule has 0 saturated carbocycles. The molecule has 0 spiro atoms. The number of nitrogens with zero attached hydrogens (tertiary/aromatic N) is 2. The van der Waals surface area contributed by atoms with Crippen LogP contribution in [0.4, 0.5) is 0 Å². The third kappa shape index (κ3) is 4.12. The van der Waals surface area contributed by atoms with Crippen molar-refractivity contribution in [3.8, 4) is 11.3 Å². The molecule has 1 aromatic carbocycles. The third-order valence-corrected chi connectivity index (χ3v) is 4.09. The van der Waals surface area contributed by atoms with Crippen LogP contribution in [0.1, 0.15) is 23.3 Å². The quantitative estimate of drug-likeness (QED) is 0.933. The molecule has 1 aliphatic rings. The molecule has 5 nitrogen and oxygen atoms in total. The summed E-state index contributed by atoms with van der Waals surface area (Å²) < 4.78 is 5.33. The number of carbonyl (C=O) groups is 1. The molecule has 1 unspecified atom stereocenters. The highest BCUT2D eigenvalue weighted by atomic mass is 35.5. The number of nitrogens with one attached hydrogen (secondary N) is 1. The molecule has 0 aliphatic carbocycles. The molecule has 3 rings (SSSR count). The maximum absolute atomic E-state index is 12.6. The summed E-state index contributed by atoms with van der Waals surface area (Å²) in [7, 11) is 1.95. The van der Waals surface area contributed by atoms with Gasteiger partial charge >= 0.3 is 0 Å². The topological polar surface area (TPSA) is 58.4 Å². The van der Waals surface area contributed by atoms with E-state index < -0.39 is 0 Å². The van der Waals surface area contributed by atoms with Crippen molar-refractivity contribution in [3.63, 3.8) is 0 Å². The Morgan fingerprint density at radius 1 is 1.39 bits per heavy atom. The molecule has 1 aliphatic heterocycles. The molecule has 1 fully saturated rings. The fourth-order valence-electron chi connectivity index (χ4n) is 2.98. The van der Waals surface area contributed by atoms with Gasteiger partial charge in [-0.25, -0.2) is 0 Å². The van der Waals surface area contributed by atoms with Crippen molar-refractivity contribution in [2.75, 3.05) is 26.7 Å². The number of halogens is 1. The van der Waals surface area contributed by atoms with Crippen LogP contribution in [0.25, 0.3) is 11.3 Å². The zero-order valence-corrected chi connectivity index (χ0v) is 14.0. The van der Waals surface area contributed by atoms with E-state index in [9.17, 15) is 4.79 Å². The second kappa shape index (κ2) is 8.13. The molecule has 124 valence electrons. The summed E-state index contributed by atoms with van der Waals surface area (Å²) in [5, 5.41) is 7.15. The van der Waals surface area contributed by atoms with Crippen LogP contribution < -0.4 is 5.32 Å². The number of amides is 1. The molecule has 1 aromatic heterocycles. The molecule has 1 N–H and O–H groups in total. The van der Waals surface area contributed by atoms with Gasteiger partial charge in [0.1, 0.15) is 0 Å². The summed E-state index contributed by atoms with van der Waals surface area (Å²) in [4.78, 5) is 14.5. The Hall–Kier alpha value is -1.85. The van der Waals surface area contributed by atoms with Gasteiger partial charge in [-0.05, 0) is 32.4 Å². The highest BCUT2D eigenvalue weighted by molar-refractivity contribution is 5.93. The van der Waals surface area contributed by atoms with Gasteiger partial charge < -0.3 is 14.7 Å². The summed E-state index contributed by atoms with van der Waals surface area (Å²) in [5.74, 6) is 1.11. The van der Waals surface area contributed by atoms with Gasteiger partial charge in [0.05, 0.1) is 0 Å². The first kappa shape index (κ1) is 17.5. The Labute approximate surface area is 142 Å². The Morgan fingerprint density at radius 2 is 2.17 bits per heavy atom. The molecule has 0 bridgehead atoms. The fourth-order valence-corrected chi connectivity index (χ4v) is 2.98. The van der Waals surface area contributed by atoms with Crippen LogP contribution in [0.3, 0.4) is 0 Å². The van der Waals surface area contributed by atoms with Crippen LogP contribution in [0.2, 0.25) is 0 Å². The molecular weight excluding hydrogens is 314 g/mol. The van der Waals surface area contributed by atoms with Crippen LogP contribution >= 0.6 is 12.4 Å². The summed E-state index contributed by atoms with van der Waals surface area (Å²) in [6.45, 7) is 2.53. The molecule has 1 atom stereocenters. The predicted molar refractivity (Wildman–Crippen MR) is 91.7 cm³/mol. The standard InChI is InChI=1S/C17H21N3O2.ClH/c1-18-11-13-6-5-9-20(12-13)17(21)15-10-16(22-19-15)14-7-3-2-4-8-14;/h2-4,7-8,10,13,18H,5-6,9,11-12H2,1H3;1H. The van der Waals surface area contributed by atoms with Gasteiger partial charge in [-0.3, -0.25) is 4.79 Å². The van der Waals surface area contributed by atoms with E-state index in [0.717, 1.165) is 31.6 Å². The van der Waals surface area contributed by atoms with E-state index in [0.29, 0.717) is 17.4 Å². The van der Waals surface area contributed by atoms with E-state index in [1.54, 1.807) is 6.07 Å². The average molecular weight is 336 g/mol. The third-order valence-electron chi connectivity index (χ3n) is 4.09. The van der Waals surface area contributed by atoms with Crippen molar-refractivity contribution in [2.24, 2.45) is 5.92 Å². The maximum atomic E-state index is 12.6. The van der Waals surface area contributed by atoms with Crippen LogP contribution in [0.15, 0.2) is 40.9 Å². The van der Waals surface area contributed by atoms with Crippen molar-refractivity contribution < 1.29 is 9.32 Å². The number of hydrogen-bond acceptors (Lipinski definition) is 4. The number of aromatic nitrogens is 1. The molecule has 2 heterocycles. The minimum atomic E-state index is -0.0354. The first-order chi connectivity index (χ1) is 10.8. The Bertz CT molecular complexity index is 628. The van der Waals surface area contributed by atoms with E-state index in [1.807, 2.05) is 42.3 Å². The minimum Gasteiger partial charge on any atom is -0.355 e. The number of hydrogen-bond donors (Lipinski definition) is 1. The van der Waals surface area contributed by atoms with E-state index >= 15 is 0 Å². The van der Waals surface area contributed by atoms with Crippen molar-refractivity contribution in [1.29, 1.82) is 0 Å². The monoisotopic (exact) mass is 335 g/mol. The molecule has 2 aromatic rings. The van der Waals surface area contributed by atoms with Gasteiger partial charge in [-0.2, -0.15) is 0 Å². The Kier molecular flexibility index (Phi) is 6.19. The molecule has 0 radical (unpaired) electrons. The van der Waals surface area contributed by atoms with Gasteiger partial charge in [-0.15, -0.1) is 12.4 Å². The van der Waals surface area contributed by atoms with E-state index in [-0.39, 0.29) is 18.3 Å². The van der Waals surface area contributed by atoms with Gasteiger partial charge in [0.25, 0.3) is 5.91 Å². The first-order valence-electron chi connectivity index (χ1n) is 7.74. The van der Waals surface area contributed by atoms with Crippen LogP contribution in [-0.2, 0) is 0 Å². The summed E-state index contributed by atoms with van der Waals surface area (Å²) >= 11 is 0. The zero-order chi connectivity index (χ0) is 15.4. The highest BCUT2D eigenvalue weighted by Gasteiger charge is 2.26. The lowest BCUT2D eigenvalue weighted by Gasteiger charge is -2.32. The van der Waals surface area contributed by atoms with E-state index in [4.69, 9.17) is 4.52 Å². The lowest BCUT2D eigenvalue weighted by molar-refractivity contribution is 0.0664. The Morgan fingerprint density at radius 3 is 2.91 bits per heavy atom. The van der Waals surface area contributed by atoms with E-state index in [2.05, 4.69) is 10.5 Å². The van der Waals surface area contributed by atoms with Crippen molar-refractivity contribution in [3.05, 3.63) is 42.1 Å². The first-order valence-corrected chi connectivity index (χ1v) is 7.74.